The Bertz CT molecular complexity index is 519. The van der Waals surface area contributed by atoms with Crippen LogP contribution in [0.2, 0.25) is 0 Å². The van der Waals surface area contributed by atoms with E-state index in [4.69, 9.17) is 10.2 Å². The quantitative estimate of drug-likeness (QED) is 0.833. The van der Waals surface area contributed by atoms with Crippen molar-refractivity contribution in [2.45, 2.75) is 44.3 Å². The second-order valence-electron chi connectivity index (χ2n) is 4.21. The van der Waals surface area contributed by atoms with Gasteiger partial charge in [0.15, 0.2) is 11.6 Å². The van der Waals surface area contributed by atoms with Gasteiger partial charge in [-0.3, -0.25) is 0 Å². The van der Waals surface area contributed by atoms with Gasteiger partial charge >= 0.3 is 0 Å². The number of hydrogen-bond donors (Lipinski definition) is 1. The molecule has 0 aliphatic rings. The zero-order valence-electron chi connectivity index (χ0n) is 10.8. The summed E-state index contributed by atoms with van der Waals surface area (Å²) in [5.74, 6) is 2.37. The fourth-order valence-corrected chi connectivity index (χ4v) is 2.76. The van der Waals surface area contributed by atoms with Crippen molar-refractivity contribution in [3.8, 4) is 0 Å². The first-order chi connectivity index (χ1) is 8.63. The number of nitrogens with two attached hydrogens (primary N) is 1. The molecule has 0 spiro atoms. The van der Waals surface area contributed by atoms with Crippen molar-refractivity contribution in [1.82, 2.24) is 19.7 Å². The molecule has 6 nitrogen and oxygen atoms in total. The highest BCUT2D eigenvalue weighted by Gasteiger charge is 2.15. The van der Waals surface area contributed by atoms with E-state index in [-0.39, 0.29) is 0 Å². The van der Waals surface area contributed by atoms with Crippen molar-refractivity contribution >= 4 is 11.8 Å². The van der Waals surface area contributed by atoms with Crippen molar-refractivity contribution in [3.63, 3.8) is 0 Å². The number of thioether (sulfide) groups is 1. The Labute approximate surface area is 110 Å². The lowest BCUT2D eigenvalue weighted by molar-refractivity contribution is 0.524. The van der Waals surface area contributed by atoms with Gasteiger partial charge in [0.05, 0.1) is 12.2 Å². The average Bonchev–Trinajstić information content (AvgIpc) is 2.92. The fraction of sp³-hybridized carbons (Fsp3) is 0.545. The third-order valence-corrected chi connectivity index (χ3v) is 3.57. The highest BCUT2D eigenvalue weighted by Crippen LogP contribution is 2.25. The molecule has 2 N–H and O–H groups in total. The molecule has 2 rings (SSSR count). The summed E-state index contributed by atoms with van der Waals surface area (Å²) in [6.07, 6.45) is 1.46. The molecule has 0 aliphatic heterocycles. The minimum atomic E-state index is 0.291. The molecular weight excluding hydrogens is 250 g/mol. The lowest BCUT2D eigenvalue weighted by Gasteiger charge is -2.12. The van der Waals surface area contributed by atoms with Gasteiger partial charge in [-0.05, 0) is 20.8 Å². The molecule has 0 amide bonds. The van der Waals surface area contributed by atoms with Gasteiger partial charge in [0.25, 0.3) is 0 Å². The molecule has 0 saturated heterocycles. The molecule has 18 heavy (non-hydrogen) atoms. The van der Waals surface area contributed by atoms with Gasteiger partial charge in [-0.15, -0.1) is 10.2 Å². The van der Waals surface area contributed by atoms with Gasteiger partial charge in [-0.1, -0.05) is 11.8 Å². The molecule has 2 heterocycles. The van der Waals surface area contributed by atoms with Crippen molar-refractivity contribution in [2.24, 2.45) is 5.73 Å². The molecule has 0 saturated carbocycles. The summed E-state index contributed by atoms with van der Waals surface area (Å²) >= 11 is 1.59. The molecule has 2 aromatic heterocycles. The van der Waals surface area contributed by atoms with E-state index in [1.54, 1.807) is 11.8 Å². The Morgan fingerprint density at radius 2 is 2.22 bits per heavy atom. The lowest BCUT2D eigenvalue weighted by Crippen LogP contribution is -2.11. The topological polar surface area (TPSA) is 82.8 Å². The van der Waals surface area contributed by atoms with Crippen molar-refractivity contribution in [2.75, 3.05) is 0 Å². The van der Waals surface area contributed by atoms with E-state index in [0.717, 1.165) is 28.2 Å². The van der Waals surface area contributed by atoms with Crippen LogP contribution in [-0.2, 0) is 12.3 Å². The fourth-order valence-electron chi connectivity index (χ4n) is 1.66. The summed E-state index contributed by atoms with van der Waals surface area (Å²) in [7, 11) is 0. The largest absolute Gasteiger partial charge is 0.448 e. The van der Waals surface area contributed by atoms with E-state index in [2.05, 4.69) is 33.6 Å². The van der Waals surface area contributed by atoms with Crippen LogP contribution in [-0.4, -0.2) is 19.7 Å². The minimum absolute atomic E-state index is 0.291. The first-order valence-electron chi connectivity index (χ1n) is 5.79. The molecule has 98 valence electrons. The lowest BCUT2D eigenvalue weighted by atomic mass is 10.4. The number of aromatic nitrogens is 4. The van der Waals surface area contributed by atoms with E-state index in [0.29, 0.717) is 12.6 Å². The second-order valence-corrected chi connectivity index (χ2v) is 5.15. The van der Waals surface area contributed by atoms with Crippen LogP contribution in [0.15, 0.2) is 16.0 Å². The van der Waals surface area contributed by atoms with Crippen LogP contribution in [0.1, 0.15) is 37.2 Å². The van der Waals surface area contributed by atoms with Crippen LogP contribution < -0.4 is 5.73 Å². The van der Waals surface area contributed by atoms with Gasteiger partial charge in [-0.25, -0.2) is 4.98 Å². The Morgan fingerprint density at radius 3 is 2.78 bits per heavy atom. The van der Waals surface area contributed by atoms with Crippen molar-refractivity contribution < 1.29 is 4.42 Å². The van der Waals surface area contributed by atoms with Crippen LogP contribution in [0.5, 0.6) is 0 Å². The van der Waals surface area contributed by atoms with Crippen LogP contribution in [0.4, 0.5) is 0 Å². The summed E-state index contributed by atoms with van der Waals surface area (Å²) in [6.45, 7) is 6.48. The molecule has 0 aromatic carbocycles. The van der Waals surface area contributed by atoms with Crippen molar-refractivity contribution in [1.29, 1.82) is 0 Å². The maximum Gasteiger partial charge on any atom is 0.191 e. The first kappa shape index (κ1) is 13.1. The normalized spacial score (nSPS) is 11.4. The standard InChI is InChI=1S/C11H17N5OS/c1-7(2)16-10(4-12)14-15-11(16)18-5-9-8(3)17-6-13-9/h6-7H,4-5,12H2,1-3H3. The average molecular weight is 267 g/mol. The minimum Gasteiger partial charge on any atom is -0.448 e. The Hall–Kier alpha value is -1.34. The van der Waals surface area contributed by atoms with E-state index in [1.165, 1.54) is 6.39 Å². The van der Waals surface area contributed by atoms with E-state index >= 15 is 0 Å². The monoisotopic (exact) mass is 267 g/mol. The van der Waals surface area contributed by atoms with E-state index < -0.39 is 0 Å². The number of aryl methyl sites for hydroxylation is 1. The van der Waals surface area contributed by atoms with E-state index in [9.17, 15) is 0 Å². The smallest absolute Gasteiger partial charge is 0.191 e. The molecule has 7 heteroatoms. The molecule has 0 radical (unpaired) electrons. The highest BCUT2D eigenvalue weighted by molar-refractivity contribution is 7.98. The summed E-state index contributed by atoms with van der Waals surface area (Å²) in [4.78, 5) is 4.16. The third kappa shape index (κ3) is 2.56. The molecule has 0 fully saturated rings. The predicted octanol–water partition coefficient (Wildman–Crippen LogP) is 1.91. The number of nitrogens with zero attached hydrogens (tertiary/aromatic N) is 4. The van der Waals surface area contributed by atoms with Crippen LogP contribution in [0.25, 0.3) is 0 Å². The van der Waals surface area contributed by atoms with Crippen LogP contribution >= 0.6 is 11.8 Å². The van der Waals surface area contributed by atoms with Gasteiger partial charge < -0.3 is 14.7 Å². The number of oxazole rings is 1. The molecular formula is C11H17N5OS. The highest BCUT2D eigenvalue weighted by atomic mass is 32.2. The Kier molecular flexibility index (Phi) is 4.03. The summed E-state index contributed by atoms with van der Waals surface area (Å²) in [6, 6.07) is 0.291. The van der Waals surface area contributed by atoms with Crippen LogP contribution in [0, 0.1) is 6.92 Å². The van der Waals surface area contributed by atoms with Gasteiger partial charge in [0.1, 0.15) is 11.6 Å². The number of hydrogen-bond acceptors (Lipinski definition) is 6. The summed E-state index contributed by atoms with van der Waals surface area (Å²) < 4.78 is 7.23. The SMILES string of the molecule is Cc1ocnc1CSc1nnc(CN)n1C(C)C. The zero-order valence-corrected chi connectivity index (χ0v) is 11.6. The maximum atomic E-state index is 5.66. The summed E-state index contributed by atoms with van der Waals surface area (Å²) in [5, 5.41) is 9.14. The molecule has 0 unspecified atom stereocenters. The van der Waals surface area contributed by atoms with E-state index in [1.807, 2.05) is 6.92 Å². The maximum absolute atomic E-state index is 5.66. The third-order valence-electron chi connectivity index (χ3n) is 2.62. The van der Waals surface area contributed by atoms with Gasteiger partial charge in [0, 0.05) is 11.8 Å². The Morgan fingerprint density at radius 1 is 1.44 bits per heavy atom. The first-order valence-corrected chi connectivity index (χ1v) is 6.77. The second kappa shape index (κ2) is 5.53. The Balaban J connectivity index is 2.14. The molecule has 0 aliphatic carbocycles. The van der Waals surface area contributed by atoms with Gasteiger partial charge in [-0.2, -0.15) is 0 Å². The molecule has 0 atom stereocenters. The zero-order chi connectivity index (χ0) is 13.1. The predicted molar refractivity (Wildman–Crippen MR) is 69.1 cm³/mol. The summed E-state index contributed by atoms with van der Waals surface area (Å²) in [5.41, 5.74) is 6.59. The molecule has 2 aromatic rings. The molecule has 0 bridgehead atoms. The number of rotatable bonds is 5. The van der Waals surface area contributed by atoms with Crippen molar-refractivity contribution in [3.05, 3.63) is 23.7 Å². The van der Waals surface area contributed by atoms with Crippen LogP contribution in [0.3, 0.4) is 0 Å². The van der Waals surface area contributed by atoms with Gasteiger partial charge in [0.2, 0.25) is 0 Å².